The number of furan rings is 1. The zero-order chi connectivity index (χ0) is 22.8. The molecule has 1 aromatic heterocycles. The van der Waals surface area contributed by atoms with Crippen LogP contribution in [0.2, 0.25) is 0 Å². The molecule has 0 bridgehead atoms. The molecule has 9 heteroatoms. The van der Waals surface area contributed by atoms with Crippen molar-refractivity contribution in [2.75, 3.05) is 11.9 Å². The minimum Gasteiger partial charge on any atom is -0.467 e. The van der Waals surface area contributed by atoms with Gasteiger partial charge in [-0.2, -0.15) is 0 Å². The van der Waals surface area contributed by atoms with Gasteiger partial charge in [0.1, 0.15) is 5.76 Å². The van der Waals surface area contributed by atoms with E-state index in [0.717, 1.165) is 14.9 Å². The zero-order valence-corrected chi connectivity index (χ0v) is 18.5. The van der Waals surface area contributed by atoms with Crippen LogP contribution in [0.15, 0.2) is 63.7 Å². The molecule has 8 nitrogen and oxygen atoms in total. The van der Waals surface area contributed by atoms with Gasteiger partial charge < -0.3 is 14.5 Å². The highest BCUT2D eigenvalue weighted by Crippen LogP contribution is 2.26. The van der Waals surface area contributed by atoms with Gasteiger partial charge in [-0.05, 0) is 55.0 Å². The molecule has 1 N–H and O–H groups in total. The summed E-state index contributed by atoms with van der Waals surface area (Å²) < 4.78 is 11.1. The first-order valence-corrected chi connectivity index (χ1v) is 10.4. The number of anilines is 1. The molecule has 0 saturated carbocycles. The lowest BCUT2D eigenvalue weighted by atomic mass is 10.1. The van der Waals surface area contributed by atoms with Crippen molar-refractivity contribution in [2.45, 2.75) is 13.5 Å². The first-order valence-electron chi connectivity index (χ1n) is 9.59. The minimum atomic E-state index is -0.780. The van der Waals surface area contributed by atoms with Crippen molar-refractivity contribution < 1.29 is 28.3 Å². The molecule has 2 aromatic carbocycles. The van der Waals surface area contributed by atoms with E-state index in [1.165, 1.54) is 24.5 Å². The number of ether oxygens (including phenoxy) is 1. The van der Waals surface area contributed by atoms with Crippen molar-refractivity contribution in [2.24, 2.45) is 0 Å². The number of carbonyl (C=O) groups is 4. The summed E-state index contributed by atoms with van der Waals surface area (Å²) in [6.45, 7) is 1.41. The van der Waals surface area contributed by atoms with Crippen LogP contribution in [0.1, 0.15) is 42.4 Å². The van der Waals surface area contributed by atoms with Gasteiger partial charge in [-0.3, -0.25) is 19.3 Å². The van der Waals surface area contributed by atoms with Crippen molar-refractivity contribution in [1.82, 2.24) is 4.90 Å². The van der Waals surface area contributed by atoms with E-state index < -0.39 is 30.3 Å². The van der Waals surface area contributed by atoms with Gasteiger partial charge in [0.15, 0.2) is 6.61 Å². The highest BCUT2D eigenvalue weighted by atomic mass is 79.9. The summed E-state index contributed by atoms with van der Waals surface area (Å²) in [5.41, 5.74) is 1.94. The van der Waals surface area contributed by atoms with E-state index in [4.69, 9.17) is 9.15 Å². The third-order valence-corrected chi connectivity index (χ3v) is 5.74. The van der Waals surface area contributed by atoms with Crippen molar-refractivity contribution in [3.63, 3.8) is 0 Å². The maximum Gasteiger partial charge on any atom is 0.338 e. The molecule has 0 fully saturated rings. The maximum atomic E-state index is 12.7. The largest absolute Gasteiger partial charge is 0.467 e. The Morgan fingerprint density at radius 3 is 2.56 bits per heavy atom. The first kappa shape index (κ1) is 21.5. The Kier molecular flexibility index (Phi) is 5.91. The molecule has 3 aromatic rings. The number of nitrogens with one attached hydrogen (secondary N) is 1. The molecule has 162 valence electrons. The molecule has 32 heavy (non-hydrogen) atoms. The minimum absolute atomic E-state index is 0.00553. The Bertz CT molecular complexity index is 1240. The average Bonchev–Trinajstić information content (AvgIpc) is 3.37. The van der Waals surface area contributed by atoms with E-state index in [-0.39, 0.29) is 23.2 Å². The predicted molar refractivity (Wildman–Crippen MR) is 117 cm³/mol. The van der Waals surface area contributed by atoms with Crippen molar-refractivity contribution >= 4 is 45.3 Å². The number of nitrogens with zero attached hydrogens (tertiary/aromatic N) is 1. The molecule has 0 radical (unpaired) electrons. The number of halogens is 1. The second-order valence-corrected chi connectivity index (χ2v) is 7.98. The highest BCUT2D eigenvalue weighted by Gasteiger charge is 2.36. The average molecular weight is 497 g/mol. The van der Waals surface area contributed by atoms with E-state index in [2.05, 4.69) is 21.2 Å². The Balaban J connectivity index is 1.40. The number of carbonyl (C=O) groups excluding carboxylic acids is 4. The van der Waals surface area contributed by atoms with Gasteiger partial charge in [0.25, 0.3) is 17.7 Å². The summed E-state index contributed by atoms with van der Waals surface area (Å²) in [5.74, 6) is -1.82. The fraction of sp³-hybridized carbons (Fsp3) is 0.130. The summed E-state index contributed by atoms with van der Waals surface area (Å²) in [7, 11) is 0. The van der Waals surface area contributed by atoms with Crippen LogP contribution >= 0.6 is 15.9 Å². The Morgan fingerprint density at radius 1 is 1.06 bits per heavy atom. The zero-order valence-electron chi connectivity index (χ0n) is 16.9. The van der Waals surface area contributed by atoms with Crippen LogP contribution in [0.5, 0.6) is 0 Å². The van der Waals surface area contributed by atoms with Gasteiger partial charge >= 0.3 is 5.97 Å². The van der Waals surface area contributed by atoms with Crippen LogP contribution in [0.4, 0.5) is 5.69 Å². The van der Waals surface area contributed by atoms with Crippen molar-refractivity contribution in [1.29, 1.82) is 0 Å². The van der Waals surface area contributed by atoms with E-state index in [1.54, 1.807) is 24.3 Å². The highest BCUT2D eigenvalue weighted by molar-refractivity contribution is 9.10. The molecule has 0 saturated heterocycles. The maximum absolute atomic E-state index is 12.7. The molecule has 2 heterocycles. The Hall–Kier alpha value is -3.72. The Morgan fingerprint density at radius 2 is 1.84 bits per heavy atom. The fourth-order valence-corrected chi connectivity index (χ4v) is 3.58. The number of esters is 1. The molecular formula is C23H17BrN2O6. The van der Waals surface area contributed by atoms with E-state index in [1.807, 2.05) is 13.0 Å². The summed E-state index contributed by atoms with van der Waals surface area (Å²) >= 11 is 3.39. The van der Waals surface area contributed by atoms with Crippen LogP contribution < -0.4 is 5.32 Å². The molecule has 1 aliphatic rings. The van der Waals surface area contributed by atoms with Crippen LogP contribution in [0.25, 0.3) is 0 Å². The lowest BCUT2D eigenvalue weighted by Crippen LogP contribution is -2.28. The van der Waals surface area contributed by atoms with Crippen LogP contribution in [-0.2, 0) is 16.1 Å². The van der Waals surface area contributed by atoms with Gasteiger partial charge in [0, 0.05) is 10.2 Å². The standard InChI is InChI=1S/C23H17BrN2O6/c1-13-4-6-15(10-19(13)24)25-20(27)12-32-23(30)14-5-7-17-18(9-14)22(29)26(21(17)28)11-16-3-2-8-31-16/h2-10H,11-12H2,1H3,(H,25,27). The molecule has 0 spiro atoms. The van der Waals surface area contributed by atoms with Gasteiger partial charge in [-0.15, -0.1) is 0 Å². The first-order chi connectivity index (χ1) is 15.3. The third kappa shape index (κ3) is 4.33. The van der Waals surface area contributed by atoms with Gasteiger partial charge in [-0.25, -0.2) is 4.79 Å². The van der Waals surface area contributed by atoms with Crippen molar-refractivity contribution in [3.05, 3.63) is 87.3 Å². The van der Waals surface area contributed by atoms with Gasteiger partial charge in [0.05, 0.1) is 29.5 Å². The second-order valence-electron chi connectivity index (χ2n) is 7.12. The molecule has 0 unspecified atom stereocenters. The topological polar surface area (TPSA) is 106 Å². The molecule has 1 aliphatic heterocycles. The number of imide groups is 1. The monoisotopic (exact) mass is 496 g/mol. The third-order valence-electron chi connectivity index (χ3n) is 4.89. The summed E-state index contributed by atoms with van der Waals surface area (Å²) in [5, 5.41) is 2.64. The number of aryl methyl sites for hydroxylation is 1. The van der Waals surface area contributed by atoms with Crippen molar-refractivity contribution in [3.8, 4) is 0 Å². The quantitative estimate of drug-likeness (QED) is 0.409. The molecular weight excluding hydrogens is 480 g/mol. The number of hydrogen-bond donors (Lipinski definition) is 1. The second kappa shape index (κ2) is 8.80. The smallest absolute Gasteiger partial charge is 0.338 e. The van der Waals surface area contributed by atoms with E-state index in [9.17, 15) is 19.2 Å². The SMILES string of the molecule is Cc1ccc(NC(=O)COC(=O)c2ccc3c(c2)C(=O)N(Cc2ccco2)C3=O)cc1Br. The number of amides is 3. The number of fused-ring (bicyclic) bond motifs is 1. The van der Waals surface area contributed by atoms with E-state index in [0.29, 0.717) is 11.4 Å². The lowest BCUT2D eigenvalue weighted by Gasteiger charge is -2.11. The number of hydrogen-bond acceptors (Lipinski definition) is 6. The van der Waals surface area contributed by atoms with E-state index >= 15 is 0 Å². The molecule has 0 aliphatic carbocycles. The summed E-state index contributed by atoms with van der Waals surface area (Å²) in [4.78, 5) is 50.8. The van der Waals surface area contributed by atoms with Gasteiger partial charge in [0.2, 0.25) is 0 Å². The summed E-state index contributed by atoms with van der Waals surface area (Å²) in [6.07, 6.45) is 1.45. The Labute approximate surface area is 191 Å². The predicted octanol–water partition coefficient (Wildman–Crippen LogP) is 3.94. The van der Waals surface area contributed by atoms with Gasteiger partial charge in [-0.1, -0.05) is 22.0 Å². The van der Waals surface area contributed by atoms with Crippen LogP contribution in [0.3, 0.4) is 0 Å². The normalized spacial score (nSPS) is 12.6. The van der Waals surface area contributed by atoms with Crippen LogP contribution in [0, 0.1) is 6.92 Å². The molecule has 3 amide bonds. The summed E-state index contributed by atoms with van der Waals surface area (Å²) in [6, 6.07) is 12.7. The fourth-order valence-electron chi connectivity index (χ4n) is 3.20. The number of benzene rings is 2. The van der Waals surface area contributed by atoms with Crippen LogP contribution in [-0.4, -0.2) is 35.2 Å². The number of rotatable bonds is 6. The molecule has 0 atom stereocenters. The lowest BCUT2D eigenvalue weighted by molar-refractivity contribution is -0.119. The molecule has 4 rings (SSSR count).